The first-order valence-electron chi connectivity index (χ1n) is 3.71. The fourth-order valence-corrected chi connectivity index (χ4v) is 1.06. The molecular weight excluding hydrogens is 178 g/mol. The Labute approximate surface area is 74.4 Å². The second-order valence-corrected chi connectivity index (χ2v) is 2.60. The van der Waals surface area contributed by atoms with E-state index in [4.69, 9.17) is 17.0 Å². The maximum absolute atomic E-state index is 11.0. The van der Waals surface area contributed by atoms with E-state index in [9.17, 15) is 4.79 Å². The predicted octanol–water partition coefficient (Wildman–Crippen LogP) is 0.270. The molecule has 0 amide bonds. The average Bonchev–Trinajstić information content (AvgIpc) is 2.35. The summed E-state index contributed by atoms with van der Waals surface area (Å²) in [6.07, 6.45) is 0. The standard InChI is InChI=1S/C6H11N3O2S/c1-2-11-4-3-9-5(10)7-8-6(9)12/h2-4H2,1H3,(H,7,10)(H,8,12). The summed E-state index contributed by atoms with van der Waals surface area (Å²) < 4.78 is 6.91. The largest absolute Gasteiger partial charge is 0.380 e. The Morgan fingerprint density at radius 3 is 2.83 bits per heavy atom. The lowest BCUT2D eigenvalue weighted by Crippen LogP contribution is -2.19. The normalized spacial score (nSPS) is 10.4. The monoisotopic (exact) mass is 189 g/mol. The molecule has 0 aliphatic rings. The van der Waals surface area contributed by atoms with Crippen molar-refractivity contribution >= 4 is 12.2 Å². The molecule has 0 atom stereocenters. The van der Waals surface area contributed by atoms with Gasteiger partial charge in [-0.3, -0.25) is 9.67 Å². The molecule has 0 aliphatic carbocycles. The molecule has 5 nitrogen and oxygen atoms in total. The Balaban J connectivity index is 2.62. The number of H-pyrrole nitrogens is 2. The third kappa shape index (κ3) is 2.05. The molecule has 0 spiro atoms. The van der Waals surface area contributed by atoms with E-state index in [-0.39, 0.29) is 5.69 Å². The lowest BCUT2D eigenvalue weighted by atomic mass is 10.6. The van der Waals surface area contributed by atoms with Crippen molar-refractivity contribution in [3.8, 4) is 0 Å². The lowest BCUT2D eigenvalue weighted by molar-refractivity contribution is 0.138. The smallest absolute Gasteiger partial charge is 0.342 e. The van der Waals surface area contributed by atoms with Gasteiger partial charge in [-0.05, 0) is 19.1 Å². The molecule has 0 radical (unpaired) electrons. The van der Waals surface area contributed by atoms with E-state index in [1.807, 2.05) is 6.92 Å². The molecule has 0 fully saturated rings. The van der Waals surface area contributed by atoms with Gasteiger partial charge in [-0.15, -0.1) is 0 Å². The number of ether oxygens (including phenoxy) is 1. The van der Waals surface area contributed by atoms with Crippen molar-refractivity contribution in [3.05, 3.63) is 15.3 Å². The van der Waals surface area contributed by atoms with Gasteiger partial charge in [0.1, 0.15) is 0 Å². The van der Waals surface area contributed by atoms with Crippen LogP contribution in [0.4, 0.5) is 0 Å². The van der Waals surface area contributed by atoms with E-state index in [0.717, 1.165) is 0 Å². The Kier molecular flexibility index (Phi) is 3.24. The summed E-state index contributed by atoms with van der Waals surface area (Å²) in [5.41, 5.74) is -0.222. The Morgan fingerprint density at radius 2 is 2.33 bits per heavy atom. The van der Waals surface area contributed by atoms with Crippen LogP contribution in [0.1, 0.15) is 6.92 Å². The average molecular weight is 189 g/mol. The van der Waals surface area contributed by atoms with Crippen LogP contribution in [-0.2, 0) is 11.3 Å². The summed E-state index contributed by atoms with van der Waals surface area (Å²) in [4.78, 5) is 11.0. The van der Waals surface area contributed by atoms with Gasteiger partial charge < -0.3 is 4.74 Å². The first-order chi connectivity index (χ1) is 5.75. The van der Waals surface area contributed by atoms with Crippen molar-refractivity contribution in [1.29, 1.82) is 0 Å². The van der Waals surface area contributed by atoms with Crippen molar-refractivity contribution in [2.45, 2.75) is 13.5 Å². The van der Waals surface area contributed by atoms with Crippen LogP contribution in [0.2, 0.25) is 0 Å². The van der Waals surface area contributed by atoms with Crippen molar-refractivity contribution in [2.75, 3.05) is 13.2 Å². The van der Waals surface area contributed by atoms with Gasteiger partial charge in [0.15, 0.2) is 4.77 Å². The summed E-state index contributed by atoms with van der Waals surface area (Å²) in [6.45, 7) is 3.55. The molecule has 0 aromatic carbocycles. The minimum absolute atomic E-state index is 0.222. The fraction of sp³-hybridized carbons (Fsp3) is 0.667. The van der Waals surface area contributed by atoms with Crippen molar-refractivity contribution in [1.82, 2.24) is 14.8 Å². The highest BCUT2D eigenvalue weighted by Gasteiger charge is 1.97. The van der Waals surface area contributed by atoms with Gasteiger partial charge in [0.2, 0.25) is 0 Å². The Morgan fingerprint density at radius 1 is 1.58 bits per heavy atom. The van der Waals surface area contributed by atoms with Gasteiger partial charge in [-0.2, -0.15) is 0 Å². The predicted molar refractivity (Wildman–Crippen MR) is 46.7 cm³/mol. The van der Waals surface area contributed by atoms with Gasteiger partial charge in [0, 0.05) is 6.61 Å². The summed E-state index contributed by atoms with van der Waals surface area (Å²) in [5, 5.41) is 4.94. The summed E-state index contributed by atoms with van der Waals surface area (Å²) in [6, 6.07) is 0. The summed E-state index contributed by atoms with van der Waals surface area (Å²) >= 11 is 4.84. The third-order valence-electron chi connectivity index (χ3n) is 1.43. The zero-order valence-electron chi connectivity index (χ0n) is 6.79. The second-order valence-electron chi connectivity index (χ2n) is 2.21. The molecule has 1 rings (SSSR count). The van der Waals surface area contributed by atoms with Gasteiger partial charge in [0.25, 0.3) is 0 Å². The Hall–Kier alpha value is -0.880. The number of hydrogen-bond acceptors (Lipinski definition) is 3. The van der Waals surface area contributed by atoms with Crippen LogP contribution >= 0.6 is 12.2 Å². The van der Waals surface area contributed by atoms with Crippen molar-refractivity contribution in [3.63, 3.8) is 0 Å². The molecule has 0 saturated carbocycles. The molecule has 12 heavy (non-hydrogen) atoms. The number of hydrogen-bond donors (Lipinski definition) is 2. The third-order valence-corrected chi connectivity index (χ3v) is 1.75. The summed E-state index contributed by atoms with van der Waals surface area (Å²) in [7, 11) is 0. The van der Waals surface area contributed by atoms with Crippen LogP contribution < -0.4 is 5.69 Å². The quantitative estimate of drug-likeness (QED) is 0.528. The topological polar surface area (TPSA) is 62.8 Å². The SMILES string of the molecule is CCOCCn1c(=O)[nH][nH]c1=S. The highest BCUT2D eigenvalue weighted by atomic mass is 32.1. The molecule has 68 valence electrons. The molecule has 1 heterocycles. The zero-order valence-corrected chi connectivity index (χ0v) is 7.61. The number of rotatable bonds is 4. The van der Waals surface area contributed by atoms with E-state index in [2.05, 4.69) is 10.2 Å². The zero-order chi connectivity index (χ0) is 8.97. The van der Waals surface area contributed by atoms with E-state index in [0.29, 0.717) is 24.5 Å². The molecular formula is C6H11N3O2S. The lowest BCUT2D eigenvalue weighted by Gasteiger charge is -1.99. The van der Waals surface area contributed by atoms with E-state index in [1.165, 1.54) is 4.57 Å². The molecule has 1 aromatic rings. The second kappa shape index (κ2) is 4.22. The fourth-order valence-electron chi connectivity index (χ4n) is 0.837. The van der Waals surface area contributed by atoms with E-state index >= 15 is 0 Å². The minimum Gasteiger partial charge on any atom is -0.380 e. The van der Waals surface area contributed by atoms with Crippen LogP contribution in [0.25, 0.3) is 0 Å². The first-order valence-corrected chi connectivity index (χ1v) is 4.11. The van der Waals surface area contributed by atoms with Gasteiger partial charge in [-0.25, -0.2) is 9.89 Å². The first kappa shape index (κ1) is 9.21. The number of aromatic nitrogens is 3. The molecule has 2 N–H and O–H groups in total. The molecule has 6 heteroatoms. The summed E-state index contributed by atoms with van der Waals surface area (Å²) in [5.74, 6) is 0. The minimum atomic E-state index is -0.222. The van der Waals surface area contributed by atoms with Gasteiger partial charge in [-0.1, -0.05) is 0 Å². The maximum atomic E-state index is 11.0. The molecule has 0 aliphatic heterocycles. The van der Waals surface area contributed by atoms with Crippen molar-refractivity contribution < 1.29 is 4.74 Å². The molecule has 0 bridgehead atoms. The highest BCUT2D eigenvalue weighted by Crippen LogP contribution is 1.82. The Bertz CT molecular complexity index is 310. The molecule has 0 unspecified atom stereocenters. The number of aromatic amines is 2. The van der Waals surface area contributed by atoms with Crippen molar-refractivity contribution in [2.24, 2.45) is 0 Å². The van der Waals surface area contributed by atoms with Crippen LogP contribution in [0.15, 0.2) is 4.79 Å². The van der Waals surface area contributed by atoms with Crippen LogP contribution in [-0.4, -0.2) is 28.0 Å². The van der Waals surface area contributed by atoms with Gasteiger partial charge >= 0.3 is 5.69 Å². The molecule has 0 saturated heterocycles. The number of nitrogens with one attached hydrogen (secondary N) is 2. The molecule has 1 aromatic heterocycles. The van der Waals surface area contributed by atoms with Crippen LogP contribution in [0.3, 0.4) is 0 Å². The highest BCUT2D eigenvalue weighted by molar-refractivity contribution is 7.71. The number of nitrogens with zero attached hydrogens (tertiary/aromatic N) is 1. The van der Waals surface area contributed by atoms with Crippen LogP contribution in [0, 0.1) is 4.77 Å². The van der Waals surface area contributed by atoms with Crippen LogP contribution in [0.5, 0.6) is 0 Å². The maximum Gasteiger partial charge on any atom is 0.342 e. The van der Waals surface area contributed by atoms with E-state index < -0.39 is 0 Å². The van der Waals surface area contributed by atoms with E-state index in [1.54, 1.807) is 0 Å². The van der Waals surface area contributed by atoms with Gasteiger partial charge in [0.05, 0.1) is 13.2 Å².